The Balaban J connectivity index is 3.08. The van der Waals surface area contributed by atoms with Crippen LogP contribution in [0.15, 0.2) is 18.2 Å². The monoisotopic (exact) mass is 199 g/mol. The molecule has 0 aliphatic carbocycles. The molecular weight excluding hydrogens is 190 g/mol. The maximum absolute atomic E-state index is 10.7. The lowest BCUT2D eigenvalue weighted by Gasteiger charge is -2.09. The molecule has 0 heterocycles. The Labute approximate surface area is 81.1 Å². The van der Waals surface area contributed by atoms with Crippen molar-refractivity contribution in [1.82, 2.24) is 0 Å². The molecule has 70 valence electrons. The van der Waals surface area contributed by atoms with E-state index in [0.29, 0.717) is 10.6 Å². The maximum atomic E-state index is 10.7. The first-order valence-corrected chi connectivity index (χ1v) is 4.13. The standard InChI is InChI=1S/C9H10ClNO2/c1-5-4-6(10)2-3-7(5)8(12)9(11)13/h2-4,8,12H,1H3,(H2,11,13). The lowest BCUT2D eigenvalue weighted by Crippen LogP contribution is -2.21. The molecule has 1 aromatic carbocycles. The van der Waals surface area contributed by atoms with E-state index in [-0.39, 0.29) is 0 Å². The highest BCUT2D eigenvalue weighted by Crippen LogP contribution is 2.20. The fraction of sp³-hybridized carbons (Fsp3) is 0.222. The molecule has 0 saturated carbocycles. The van der Waals surface area contributed by atoms with Crippen molar-refractivity contribution < 1.29 is 9.90 Å². The predicted octanol–water partition coefficient (Wildman–Crippen LogP) is 1.17. The van der Waals surface area contributed by atoms with Gasteiger partial charge in [0.15, 0.2) is 6.10 Å². The first kappa shape index (κ1) is 10.0. The summed E-state index contributed by atoms with van der Waals surface area (Å²) >= 11 is 5.70. The van der Waals surface area contributed by atoms with Crippen molar-refractivity contribution in [3.05, 3.63) is 34.3 Å². The molecule has 1 unspecified atom stereocenters. The number of hydrogen-bond acceptors (Lipinski definition) is 2. The molecule has 1 rings (SSSR count). The van der Waals surface area contributed by atoms with E-state index in [1.54, 1.807) is 25.1 Å². The molecule has 4 heteroatoms. The molecule has 3 N–H and O–H groups in total. The zero-order chi connectivity index (χ0) is 10.0. The number of amides is 1. The van der Waals surface area contributed by atoms with Gasteiger partial charge in [0.1, 0.15) is 0 Å². The number of primary amides is 1. The number of nitrogens with two attached hydrogens (primary N) is 1. The summed E-state index contributed by atoms with van der Waals surface area (Å²) < 4.78 is 0. The summed E-state index contributed by atoms with van der Waals surface area (Å²) in [5.41, 5.74) is 6.20. The first-order valence-electron chi connectivity index (χ1n) is 3.76. The van der Waals surface area contributed by atoms with Crippen molar-refractivity contribution in [1.29, 1.82) is 0 Å². The number of aliphatic hydroxyl groups is 1. The summed E-state index contributed by atoms with van der Waals surface area (Å²) in [5, 5.41) is 9.92. The third kappa shape index (κ3) is 2.20. The minimum atomic E-state index is -1.25. The Kier molecular flexibility index (Phi) is 2.90. The van der Waals surface area contributed by atoms with Crippen LogP contribution in [0.4, 0.5) is 0 Å². The molecule has 0 aromatic heterocycles. The van der Waals surface area contributed by atoms with Crippen molar-refractivity contribution in [3.63, 3.8) is 0 Å². The van der Waals surface area contributed by atoms with E-state index in [4.69, 9.17) is 17.3 Å². The van der Waals surface area contributed by atoms with E-state index in [1.807, 2.05) is 0 Å². The van der Waals surface area contributed by atoms with Crippen LogP contribution >= 0.6 is 11.6 Å². The quantitative estimate of drug-likeness (QED) is 0.751. The van der Waals surface area contributed by atoms with Crippen LogP contribution in [0.5, 0.6) is 0 Å². The fourth-order valence-corrected chi connectivity index (χ4v) is 1.33. The van der Waals surface area contributed by atoms with E-state index < -0.39 is 12.0 Å². The highest BCUT2D eigenvalue weighted by atomic mass is 35.5. The van der Waals surface area contributed by atoms with Crippen molar-refractivity contribution >= 4 is 17.5 Å². The number of carbonyl (C=O) groups is 1. The minimum absolute atomic E-state index is 0.497. The summed E-state index contributed by atoms with van der Waals surface area (Å²) in [6.07, 6.45) is -1.25. The number of rotatable bonds is 2. The Morgan fingerprint density at radius 3 is 2.69 bits per heavy atom. The molecule has 0 radical (unpaired) electrons. The molecule has 13 heavy (non-hydrogen) atoms. The summed E-state index contributed by atoms with van der Waals surface area (Å²) in [6, 6.07) is 4.87. The van der Waals surface area contributed by atoms with Crippen LogP contribution < -0.4 is 5.73 Å². The third-order valence-corrected chi connectivity index (χ3v) is 2.03. The van der Waals surface area contributed by atoms with Crippen molar-refractivity contribution in [3.8, 4) is 0 Å². The van der Waals surface area contributed by atoms with Gasteiger partial charge in [-0.25, -0.2) is 0 Å². The molecule has 0 aliphatic rings. The predicted molar refractivity (Wildman–Crippen MR) is 50.3 cm³/mol. The number of hydrogen-bond donors (Lipinski definition) is 2. The van der Waals surface area contributed by atoms with Gasteiger partial charge in [-0.2, -0.15) is 0 Å². The van der Waals surface area contributed by atoms with Crippen LogP contribution in [0, 0.1) is 6.92 Å². The number of benzene rings is 1. The average Bonchev–Trinajstić information content (AvgIpc) is 2.03. The zero-order valence-corrected chi connectivity index (χ0v) is 7.88. The second-order valence-electron chi connectivity index (χ2n) is 2.81. The average molecular weight is 200 g/mol. The molecule has 1 amide bonds. The molecule has 0 spiro atoms. The van der Waals surface area contributed by atoms with Crippen LogP contribution in [0.2, 0.25) is 5.02 Å². The Bertz CT molecular complexity index is 338. The van der Waals surface area contributed by atoms with E-state index in [0.717, 1.165) is 5.56 Å². The SMILES string of the molecule is Cc1cc(Cl)ccc1C(O)C(N)=O. The zero-order valence-electron chi connectivity index (χ0n) is 7.12. The van der Waals surface area contributed by atoms with Gasteiger partial charge < -0.3 is 10.8 Å². The van der Waals surface area contributed by atoms with E-state index in [1.165, 1.54) is 0 Å². The second kappa shape index (κ2) is 3.77. The van der Waals surface area contributed by atoms with Gasteiger partial charge in [-0.15, -0.1) is 0 Å². The smallest absolute Gasteiger partial charge is 0.250 e. The third-order valence-electron chi connectivity index (χ3n) is 1.80. The van der Waals surface area contributed by atoms with Crippen LogP contribution in [0.25, 0.3) is 0 Å². The normalized spacial score (nSPS) is 12.5. The van der Waals surface area contributed by atoms with Crippen molar-refractivity contribution in [2.75, 3.05) is 0 Å². The van der Waals surface area contributed by atoms with Gasteiger partial charge in [-0.3, -0.25) is 4.79 Å². The summed E-state index contributed by atoms with van der Waals surface area (Å²) in [5.74, 6) is -0.759. The lowest BCUT2D eigenvalue weighted by molar-refractivity contribution is -0.126. The molecule has 1 aromatic rings. The summed E-state index contributed by atoms with van der Waals surface area (Å²) in [7, 11) is 0. The van der Waals surface area contributed by atoms with Crippen molar-refractivity contribution in [2.45, 2.75) is 13.0 Å². The molecule has 0 saturated heterocycles. The Hall–Kier alpha value is -1.06. The minimum Gasteiger partial charge on any atom is -0.378 e. The van der Waals surface area contributed by atoms with Crippen molar-refractivity contribution in [2.24, 2.45) is 5.73 Å². The van der Waals surface area contributed by atoms with Gasteiger partial charge in [0.25, 0.3) is 5.91 Å². The molecular formula is C9H10ClNO2. The van der Waals surface area contributed by atoms with Gasteiger partial charge in [0.05, 0.1) is 0 Å². The maximum Gasteiger partial charge on any atom is 0.250 e. The van der Waals surface area contributed by atoms with Crippen LogP contribution in [-0.2, 0) is 4.79 Å². The lowest BCUT2D eigenvalue weighted by atomic mass is 10.0. The molecule has 0 fully saturated rings. The van der Waals surface area contributed by atoms with E-state index in [9.17, 15) is 9.90 Å². The highest BCUT2D eigenvalue weighted by molar-refractivity contribution is 6.30. The topological polar surface area (TPSA) is 63.3 Å². The largest absolute Gasteiger partial charge is 0.378 e. The number of carbonyl (C=O) groups excluding carboxylic acids is 1. The Morgan fingerprint density at radius 1 is 1.62 bits per heavy atom. The molecule has 3 nitrogen and oxygen atoms in total. The number of aliphatic hydroxyl groups excluding tert-OH is 1. The highest BCUT2D eigenvalue weighted by Gasteiger charge is 2.15. The Morgan fingerprint density at radius 2 is 2.23 bits per heavy atom. The molecule has 0 aliphatic heterocycles. The van der Waals surface area contributed by atoms with Gasteiger partial charge in [0, 0.05) is 5.02 Å². The number of aryl methyl sites for hydroxylation is 1. The van der Waals surface area contributed by atoms with Crippen LogP contribution in [0.1, 0.15) is 17.2 Å². The van der Waals surface area contributed by atoms with E-state index in [2.05, 4.69) is 0 Å². The van der Waals surface area contributed by atoms with Gasteiger partial charge in [-0.05, 0) is 30.2 Å². The van der Waals surface area contributed by atoms with Gasteiger partial charge in [0.2, 0.25) is 0 Å². The van der Waals surface area contributed by atoms with Gasteiger partial charge in [-0.1, -0.05) is 17.7 Å². The van der Waals surface area contributed by atoms with Gasteiger partial charge >= 0.3 is 0 Å². The fourth-order valence-electron chi connectivity index (χ4n) is 1.10. The van der Waals surface area contributed by atoms with Crippen LogP contribution in [0.3, 0.4) is 0 Å². The molecule has 0 bridgehead atoms. The second-order valence-corrected chi connectivity index (χ2v) is 3.24. The van der Waals surface area contributed by atoms with Crippen LogP contribution in [-0.4, -0.2) is 11.0 Å². The summed E-state index contributed by atoms with van der Waals surface area (Å²) in [4.78, 5) is 10.7. The molecule has 1 atom stereocenters. The number of halogens is 1. The summed E-state index contributed by atoms with van der Waals surface area (Å²) in [6.45, 7) is 1.76. The van der Waals surface area contributed by atoms with E-state index >= 15 is 0 Å². The first-order chi connectivity index (χ1) is 6.02.